The first-order valence-electron chi connectivity index (χ1n) is 4.75. The molecular weight excluding hydrogens is 164 g/mol. The van der Waals surface area contributed by atoms with E-state index in [1.165, 1.54) is 0 Å². The van der Waals surface area contributed by atoms with Crippen LogP contribution in [-0.4, -0.2) is 63.3 Å². The van der Waals surface area contributed by atoms with Gasteiger partial charge in [0, 0.05) is 25.7 Å². The van der Waals surface area contributed by atoms with E-state index < -0.39 is 0 Å². The topological polar surface area (TPSA) is 15.7 Å². The molecule has 0 saturated heterocycles. The molecule has 80 valence electrons. The minimum Gasteiger partial charge on any atom is -0.383 e. The van der Waals surface area contributed by atoms with Crippen LogP contribution in [0.15, 0.2) is 0 Å². The van der Waals surface area contributed by atoms with Gasteiger partial charge in [-0.1, -0.05) is 0 Å². The number of rotatable bonds is 6. The average Bonchev–Trinajstić information content (AvgIpc) is 1.99. The first-order valence-corrected chi connectivity index (χ1v) is 4.75. The molecule has 0 unspecified atom stereocenters. The summed E-state index contributed by atoms with van der Waals surface area (Å²) in [7, 11) is 8.08. The molecule has 0 heterocycles. The van der Waals surface area contributed by atoms with Gasteiger partial charge in [-0.15, -0.1) is 0 Å². The van der Waals surface area contributed by atoms with Crippen LogP contribution < -0.4 is 0 Å². The summed E-state index contributed by atoms with van der Waals surface area (Å²) in [6.45, 7) is 7.34. The molecule has 0 aromatic rings. The molecule has 0 aliphatic carbocycles. The van der Waals surface area contributed by atoms with Crippen LogP contribution in [0.5, 0.6) is 0 Å². The molecular formula is C10H24N2O. The van der Waals surface area contributed by atoms with Crippen LogP contribution in [0.4, 0.5) is 0 Å². The van der Waals surface area contributed by atoms with E-state index in [9.17, 15) is 0 Å². The van der Waals surface area contributed by atoms with Gasteiger partial charge in [-0.3, -0.25) is 4.90 Å². The van der Waals surface area contributed by atoms with Crippen LogP contribution >= 0.6 is 0 Å². The number of ether oxygens (including phenoxy) is 1. The maximum Gasteiger partial charge on any atom is 0.0641 e. The Labute approximate surface area is 82.7 Å². The van der Waals surface area contributed by atoms with Crippen molar-refractivity contribution in [2.45, 2.75) is 19.4 Å². The first kappa shape index (κ1) is 12.9. The van der Waals surface area contributed by atoms with E-state index >= 15 is 0 Å². The smallest absolute Gasteiger partial charge is 0.0641 e. The largest absolute Gasteiger partial charge is 0.383 e. The Hall–Kier alpha value is -0.120. The number of likely N-dealkylation sites (N-methyl/N-ethyl adjacent to an activating group) is 2. The SMILES string of the molecule is COCC(C)(C)N(C)CCN(C)C. The van der Waals surface area contributed by atoms with Gasteiger partial charge in [-0.05, 0) is 35.0 Å². The molecule has 0 saturated carbocycles. The standard InChI is InChI=1S/C10H24N2O/c1-10(2,9-13-6)12(5)8-7-11(3)4/h7-9H2,1-6H3. The third-order valence-electron chi connectivity index (χ3n) is 2.41. The van der Waals surface area contributed by atoms with Crippen molar-refractivity contribution in [1.29, 1.82) is 0 Å². The maximum atomic E-state index is 5.18. The van der Waals surface area contributed by atoms with Crippen molar-refractivity contribution in [3.63, 3.8) is 0 Å². The molecule has 0 atom stereocenters. The molecule has 0 fully saturated rings. The number of hydrogen-bond donors (Lipinski definition) is 0. The predicted molar refractivity (Wildman–Crippen MR) is 57.1 cm³/mol. The van der Waals surface area contributed by atoms with Gasteiger partial charge >= 0.3 is 0 Å². The van der Waals surface area contributed by atoms with Gasteiger partial charge in [-0.2, -0.15) is 0 Å². The van der Waals surface area contributed by atoms with Gasteiger partial charge < -0.3 is 9.64 Å². The molecule has 3 nitrogen and oxygen atoms in total. The Morgan fingerprint density at radius 2 is 1.62 bits per heavy atom. The van der Waals surface area contributed by atoms with Crippen LogP contribution in [-0.2, 0) is 4.74 Å². The van der Waals surface area contributed by atoms with Gasteiger partial charge in [0.1, 0.15) is 0 Å². The van der Waals surface area contributed by atoms with Gasteiger partial charge in [0.05, 0.1) is 6.61 Å². The molecule has 0 aromatic heterocycles. The first-order chi connectivity index (χ1) is 5.90. The molecule has 13 heavy (non-hydrogen) atoms. The summed E-state index contributed by atoms with van der Waals surface area (Å²) < 4.78 is 5.18. The second-order valence-corrected chi connectivity index (χ2v) is 4.47. The quantitative estimate of drug-likeness (QED) is 0.616. The summed E-state index contributed by atoms with van der Waals surface area (Å²) in [6, 6.07) is 0. The van der Waals surface area contributed by atoms with Gasteiger partial charge in [0.15, 0.2) is 0 Å². The minimum atomic E-state index is 0.130. The summed E-state index contributed by atoms with van der Waals surface area (Å²) in [5, 5.41) is 0. The van der Waals surface area contributed by atoms with E-state index in [1.54, 1.807) is 7.11 Å². The monoisotopic (exact) mass is 188 g/mol. The lowest BCUT2D eigenvalue weighted by Gasteiger charge is -2.35. The maximum absolute atomic E-state index is 5.18. The van der Waals surface area contributed by atoms with Gasteiger partial charge in [0.25, 0.3) is 0 Å². The highest BCUT2D eigenvalue weighted by molar-refractivity contribution is 4.78. The molecule has 0 rings (SSSR count). The molecule has 0 aliphatic heterocycles. The van der Waals surface area contributed by atoms with E-state index in [1.807, 2.05) is 0 Å². The molecule has 3 heteroatoms. The summed E-state index contributed by atoms with van der Waals surface area (Å²) in [6.07, 6.45) is 0. The highest BCUT2D eigenvalue weighted by Gasteiger charge is 2.22. The Morgan fingerprint density at radius 3 is 2.00 bits per heavy atom. The third-order valence-corrected chi connectivity index (χ3v) is 2.41. The van der Waals surface area contributed by atoms with E-state index in [2.05, 4.69) is 44.8 Å². The zero-order valence-corrected chi connectivity index (χ0v) is 9.92. The second-order valence-electron chi connectivity index (χ2n) is 4.47. The third kappa shape index (κ3) is 5.24. The highest BCUT2D eigenvalue weighted by Crippen LogP contribution is 2.11. The van der Waals surface area contributed by atoms with Crippen LogP contribution in [0.1, 0.15) is 13.8 Å². The number of nitrogens with zero attached hydrogens (tertiary/aromatic N) is 2. The zero-order valence-electron chi connectivity index (χ0n) is 9.92. The lowest BCUT2D eigenvalue weighted by Crippen LogP contribution is -2.47. The molecule has 0 aromatic carbocycles. The molecule has 0 aliphatic rings. The molecule has 0 spiro atoms. The minimum absolute atomic E-state index is 0.130. The Bertz CT molecular complexity index is 135. The molecule has 0 radical (unpaired) electrons. The van der Waals surface area contributed by atoms with Crippen molar-refractivity contribution in [3.05, 3.63) is 0 Å². The fourth-order valence-electron chi connectivity index (χ4n) is 1.12. The molecule has 0 N–H and O–H groups in total. The van der Waals surface area contributed by atoms with Crippen molar-refractivity contribution < 1.29 is 4.74 Å². The van der Waals surface area contributed by atoms with E-state index in [0.29, 0.717) is 0 Å². The van der Waals surface area contributed by atoms with E-state index in [0.717, 1.165) is 19.7 Å². The van der Waals surface area contributed by atoms with Crippen LogP contribution in [0.3, 0.4) is 0 Å². The average molecular weight is 188 g/mol. The molecule has 0 bridgehead atoms. The van der Waals surface area contributed by atoms with Crippen LogP contribution in [0, 0.1) is 0 Å². The fraction of sp³-hybridized carbons (Fsp3) is 1.00. The number of methoxy groups -OCH3 is 1. The Kier molecular flexibility index (Phi) is 5.53. The highest BCUT2D eigenvalue weighted by atomic mass is 16.5. The predicted octanol–water partition coefficient (Wildman–Crippen LogP) is 0.905. The van der Waals surface area contributed by atoms with Crippen molar-refractivity contribution in [2.75, 3.05) is 47.9 Å². The normalized spacial score (nSPS) is 12.9. The summed E-state index contributed by atoms with van der Waals surface area (Å²) in [5.41, 5.74) is 0.130. The van der Waals surface area contributed by atoms with E-state index in [4.69, 9.17) is 4.74 Å². The van der Waals surface area contributed by atoms with Crippen LogP contribution in [0.2, 0.25) is 0 Å². The Balaban J connectivity index is 3.86. The fourth-order valence-corrected chi connectivity index (χ4v) is 1.12. The molecule has 0 amide bonds. The lowest BCUT2D eigenvalue weighted by atomic mass is 10.1. The number of hydrogen-bond acceptors (Lipinski definition) is 3. The zero-order chi connectivity index (χ0) is 10.5. The van der Waals surface area contributed by atoms with Gasteiger partial charge in [-0.25, -0.2) is 0 Å². The van der Waals surface area contributed by atoms with Crippen molar-refractivity contribution in [3.8, 4) is 0 Å². The summed E-state index contributed by atoms with van der Waals surface area (Å²) in [5.74, 6) is 0. The van der Waals surface area contributed by atoms with Crippen molar-refractivity contribution in [1.82, 2.24) is 9.80 Å². The second kappa shape index (κ2) is 5.58. The summed E-state index contributed by atoms with van der Waals surface area (Å²) in [4.78, 5) is 4.52. The van der Waals surface area contributed by atoms with Gasteiger partial charge in [0.2, 0.25) is 0 Å². The Morgan fingerprint density at radius 1 is 1.08 bits per heavy atom. The van der Waals surface area contributed by atoms with E-state index in [-0.39, 0.29) is 5.54 Å². The van der Waals surface area contributed by atoms with Crippen molar-refractivity contribution >= 4 is 0 Å². The van der Waals surface area contributed by atoms with Crippen LogP contribution in [0.25, 0.3) is 0 Å². The van der Waals surface area contributed by atoms with Crippen molar-refractivity contribution in [2.24, 2.45) is 0 Å². The summed E-state index contributed by atoms with van der Waals surface area (Å²) >= 11 is 0. The lowest BCUT2D eigenvalue weighted by molar-refractivity contribution is 0.0472.